The SMILES string of the molecule is COc1ccc([C@H](CNC(=O)C(=O)Nc2cccnc2)c2c[nH]c3ccccc23)cc1. The molecule has 7 heteroatoms. The first-order valence-corrected chi connectivity index (χ1v) is 9.85. The number of amides is 2. The molecule has 7 nitrogen and oxygen atoms in total. The number of H-pyrrole nitrogens is 1. The van der Waals surface area contributed by atoms with Gasteiger partial charge in [-0.1, -0.05) is 30.3 Å². The zero-order valence-corrected chi connectivity index (χ0v) is 17.0. The Hall–Kier alpha value is -4.13. The van der Waals surface area contributed by atoms with E-state index in [9.17, 15) is 9.59 Å². The van der Waals surface area contributed by atoms with Crippen LogP contribution >= 0.6 is 0 Å². The summed E-state index contributed by atoms with van der Waals surface area (Å²) < 4.78 is 5.26. The standard InChI is InChI=1S/C24H22N4O3/c1-31-18-10-8-16(9-11-18)20(21-15-26-22-7-3-2-6-19(21)22)14-27-23(29)24(30)28-17-5-4-12-25-13-17/h2-13,15,20,26H,14H2,1H3,(H,27,29)(H,28,30)/t20-/m0/s1. The second-order valence-electron chi connectivity index (χ2n) is 7.02. The number of carbonyl (C=O) groups is 2. The lowest BCUT2D eigenvalue weighted by Gasteiger charge is -2.18. The van der Waals surface area contributed by atoms with Crippen LogP contribution in [0.5, 0.6) is 5.75 Å². The summed E-state index contributed by atoms with van der Waals surface area (Å²) >= 11 is 0. The van der Waals surface area contributed by atoms with Crippen LogP contribution in [0.25, 0.3) is 10.9 Å². The van der Waals surface area contributed by atoms with E-state index in [0.29, 0.717) is 5.69 Å². The number of methoxy groups -OCH3 is 1. The molecule has 0 aliphatic carbocycles. The number of nitrogens with zero attached hydrogens (tertiary/aromatic N) is 1. The van der Waals surface area contributed by atoms with Crippen molar-refractivity contribution < 1.29 is 14.3 Å². The Balaban J connectivity index is 1.56. The molecule has 2 aromatic heterocycles. The number of pyridine rings is 1. The molecule has 0 saturated carbocycles. The van der Waals surface area contributed by atoms with Gasteiger partial charge in [0.25, 0.3) is 0 Å². The van der Waals surface area contributed by atoms with Crippen LogP contribution in [0, 0.1) is 0 Å². The third kappa shape index (κ3) is 4.56. The van der Waals surface area contributed by atoms with Crippen LogP contribution in [0.4, 0.5) is 5.69 Å². The quantitative estimate of drug-likeness (QED) is 0.421. The Morgan fingerprint density at radius 3 is 2.58 bits per heavy atom. The van der Waals surface area contributed by atoms with Crippen LogP contribution in [-0.4, -0.2) is 35.4 Å². The van der Waals surface area contributed by atoms with Gasteiger partial charge in [-0.3, -0.25) is 14.6 Å². The molecule has 0 aliphatic rings. The van der Waals surface area contributed by atoms with Crippen LogP contribution in [0.2, 0.25) is 0 Å². The van der Waals surface area contributed by atoms with Gasteiger partial charge in [-0.2, -0.15) is 0 Å². The molecule has 0 radical (unpaired) electrons. The van der Waals surface area contributed by atoms with Crippen molar-refractivity contribution >= 4 is 28.4 Å². The highest BCUT2D eigenvalue weighted by Gasteiger charge is 2.21. The summed E-state index contributed by atoms with van der Waals surface area (Å²) in [4.78, 5) is 31.9. The topological polar surface area (TPSA) is 96.1 Å². The first kappa shape index (κ1) is 20.2. The average Bonchev–Trinajstić information content (AvgIpc) is 3.24. The molecule has 0 spiro atoms. The molecule has 2 heterocycles. The summed E-state index contributed by atoms with van der Waals surface area (Å²) in [5.74, 6) is -0.846. The van der Waals surface area contributed by atoms with Gasteiger partial charge in [-0.05, 0) is 41.5 Å². The number of carbonyl (C=O) groups excluding carboxylic acids is 2. The highest BCUT2D eigenvalue weighted by Crippen LogP contribution is 2.31. The predicted molar refractivity (Wildman–Crippen MR) is 119 cm³/mol. The number of aromatic amines is 1. The minimum atomic E-state index is -0.736. The van der Waals surface area contributed by atoms with Gasteiger partial charge < -0.3 is 20.4 Å². The summed E-state index contributed by atoms with van der Waals surface area (Å²) in [6.07, 6.45) is 5.02. The van der Waals surface area contributed by atoms with Crippen LogP contribution in [0.3, 0.4) is 0 Å². The van der Waals surface area contributed by atoms with Crippen LogP contribution in [0.1, 0.15) is 17.0 Å². The summed E-state index contributed by atoms with van der Waals surface area (Å²) in [5, 5.41) is 6.38. The van der Waals surface area contributed by atoms with Gasteiger partial charge in [0.1, 0.15) is 5.75 Å². The van der Waals surface area contributed by atoms with Crippen molar-refractivity contribution in [2.45, 2.75) is 5.92 Å². The zero-order valence-electron chi connectivity index (χ0n) is 17.0. The highest BCUT2D eigenvalue weighted by atomic mass is 16.5. The van der Waals surface area contributed by atoms with Gasteiger partial charge >= 0.3 is 11.8 Å². The van der Waals surface area contributed by atoms with E-state index < -0.39 is 11.8 Å². The molecule has 4 aromatic rings. The molecule has 2 amide bonds. The van der Waals surface area contributed by atoms with Crippen molar-refractivity contribution in [1.82, 2.24) is 15.3 Å². The Morgan fingerprint density at radius 1 is 1.03 bits per heavy atom. The Kier molecular flexibility index (Phi) is 5.93. The Labute approximate surface area is 179 Å². The van der Waals surface area contributed by atoms with Crippen molar-refractivity contribution in [1.29, 1.82) is 0 Å². The lowest BCUT2D eigenvalue weighted by Crippen LogP contribution is -2.37. The molecule has 0 fully saturated rings. The molecule has 2 aromatic carbocycles. The largest absolute Gasteiger partial charge is 0.497 e. The van der Waals surface area contributed by atoms with Crippen LogP contribution in [-0.2, 0) is 9.59 Å². The fourth-order valence-corrected chi connectivity index (χ4v) is 3.53. The molecule has 31 heavy (non-hydrogen) atoms. The first-order chi connectivity index (χ1) is 15.2. The Morgan fingerprint density at radius 2 is 1.84 bits per heavy atom. The number of benzene rings is 2. The maximum Gasteiger partial charge on any atom is 0.313 e. The number of hydrogen-bond donors (Lipinski definition) is 3. The number of para-hydroxylation sites is 1. The van der Waals surface area contributed by atoms with Gasteiger partial charge in [0, 0.05) is 35.8 Å². The smallest absolute Gasteiger partial charge is 0.313 e. The number of nitrogens with one attached hydrogen (secondary N) is 3. The number of fused-ring (bicyclic) bond motifs is 1. The van der Waals surface area contributed by atoms with Crippen molar-refractivity contribution in [3.05, 3.63) is 90.4 Å². The molecule has 4 rings (SSSR count). The van der Waals surface area contributed by atoms with E-state index in [1.54, 1.807) is 25.4 Å². The second kappa shape index (κ2) is 9.13. The van der Waals surface area contributed by atoms with E-state index in [1.807, 2.05) is 54.7 Å². The maximum absolute atomic E-state index is 12.4. The predicted octanol–water partition coefficient (Wildman–Crippen LogP) is 3.46. The van der Waals surface area contributed by atoms with Crippen molar-refractivity contribution in [3.8, 4) is 5.75 Å². The van der Waals surface area contributed by atoms with Crippen LogP contribution < -0.4 is 15.4 Å². The lowest BCUT2D eigenvalue weighted by molar-refractivity contribution is -0.136. The number of hydrogen-bond acceptors (Lipinski definition) is 4. The van der Waals surface area contributed by atoms with Crippen molar-refractivity contribution in [2.75, 3.05) is 19.0 Å². The summed E-state index contributed by atoms with van der Waals surface area (Å²) in [7, 11) is 1.62. The molecule has 1 atom stereocenters. The molecular weight excluding hydrogens is 392 g/mol. The zero-order chi connectivity index (χ0) is 21.6. The van der Waals surface area contributed by atoms with E-state index in [0.717, 1.165) is 27.8 Å². The summed E-state index contributed by atoms with van der Waals surface area (Å²) in [5.41, 5.74) is 3.51. The van der Waals surface area contributed by atoms with E-state index in [-0.39, 0.29) is 12.5 Å². The Bertz CT molecular complexity index is 1190. The molecule has 0 bridgehead atoms. The molecular formula is C24H22N4O3. The van der Waals surface area contributed by atoms with Gasteiger partial charge in [0.2, 0.25) is 0 Å². The number of aromatic nitrogens is 2. The van der Waals surface area contributed by atoms with E-state index in [1.165, 1.54) is 6.20 Å². The number of rotatable bonds is 6. The van der Waals surface area contributed by atoms with E-state index in [2.05, 4.69) is 20.6 Å². The lowest BCUT2D eigenvalue weighted by atomic mass is 9.90. The second-order valence-corrected chi connectivity index (χ2v) is 7.02. The van der Waals surface area contributed by atoms with Crippen molar-refractivity contribution in [3.63, 3.8) is 0 Å². The molecule has 3 N–H and O–H groups in total. The van der Waals surface area contributed by atoms with Gasteiger partial charge in [0.15, 0.2) is 0 Å². The normalized spacial score (nSPS) is 11.6. The third-order valence-electron chi connectivity index (χ3n) is 5.11. The third-order valence-corrected chi connectivity index (χ3v) is 5.11. The molecule has 156 valence electrons. The van der Waals surface area contributed by atoms with Crippen LogP contribution in [0.15, 0.2) is 79.3 Å². The highest BCUT2D eigenvalue weighted by molar-refractivity contribution is 6.39. The van der Waals surface area contributed by atoms with E-state index >= 15 is 0 Å². The van der Waals surface area contributed by atoms with Gasteiger partial charge in [-0.15, -0.1) is 0 Å². The van der Waals surface area contributed by atoms with Gasteiger partial charge in [-0.25, -0.2) is 0 Å². The summed E-state index contributed by atoms with van der Waals surface area (Å²) in [6.45, 7) is 0.257. The molecule has 0 saturated heterocycles. The fourth-order valence-electron chi connectivity index (χ4n) is 3.53. The van der Waals surface area contributed by atoms with E-state index in [4.69, 9.17) is 4.74 Å². The minimum absolute atomic E-state index is 0.155. The fraction of sp³-hybridized carbons (Fsp3) is 0.125. The summed E-state index contributed by atoms with van der Waals surface area (Å²) in [6, 6.07) is 19.0. The molecule has 0 aliphatic heterocycles. The average molecular weight is 414 g/mol. The van der Waals surface area contributed by atoms with Crippen molar-refractivity contribution in [2.24, 2.45) is 0 Å². The monoisotopic (exact) mass is 414 g/mol. The first-order valence-electron chi connectivity index (χ1n) is 9.85. The maximum atomic E-state index is 12.4. The minimum Gasteiger partial charge on any atom is -0.497 e. The van der Waals surface area contributed by atoms with Gasteiger partial charge in [0.05, 0.1) is 19.0 Å². The number of anilines is 1. The molecule has 0 unspecified atom stereocenters. The number of ether oxygens (including phenoxy) is 1.